The summed E-state index contributed by atoms with van der Waals surface area (Å²) in [5.74, 6) is 5.83. The number of hydrogen-bond acceptors (Lipinski definition) is 2. The van der Waals surface area contributed by atoms with E-state index >= 15 is 0 Å². The third kappa shape index (κ3) is 1.90. The second-order valence-corrected chi connectivity index (χ2v) is 2.97. The van der Waals surface area contributed by atoms with Crippen molar-refractivity contribution in [1.29, 1.82) is 0 Å². The van der Waals surface area contributed by atoms with Crippen LogP contribution >= 0.6 is 12.4 Å². The second-order valence-electron chi connectivity index (χ2n) is 2.97. The first kappa shape index (κ1) is 9.36. The Hall–Kier alpha value is -0.730. The molecule has 0 amide bonds. The lowest BCUT2D eigenvalue weighted by Crippen LogP contribution is -2.32. The van der Waals surface area contributed by atoms with E-state index in [0.717, 1.165) is 5.69 Å². The van der Waals surface area contributed by atoms with Gasteiger partial charge in [0.2, 0.25) is 0 Å². The molecule has 3 heteroatoms. The molecule has 1 aliphatic carbocycles. The minimum absolute atomic E-state index is 0. The number of nitrogens with two attached hydrogens (primary N) is 1. The molecule has 1 aromatic carbocycles. The summed E-state index contributed by atoms with van der Waals surface area (Å²) in [7, 11) is 0. The molecule has 0 heterocycles. The van der Waals surface area contributed by atoms with Gasteiger partial charge in [-0.05, 0) is 25.0 Å². The Bertz CT molecular complexity index is 234. The summed E-state index contributed by atoms with van der Waals surface area (Å²) in [6.45, 7) is 0. The third-order valence-corrected chi connectivity index (χ3v) is 1.99. The molecule has 12 heavy (non-hydrogen) atoms. The molecule has 0 saturated heterocycles. The third-order valence-electron chi connectivity index (χ3n) is 1.99. The van der Waals surface area contributed by atoms with E-state index < -0.39 is 0 Å². The van der Waals surface area contributed by atoms with Crippen LogP contribution in [0.1, 0.15) is 12.8 Å². The van der Waals surface area contributed by atoms with Gasteiger partial charge in [0.1, 0.15) is 0 Å². The monoisotopic (exact) mass is 184 g/mol. The molecule has 2 nitrogen and oxygen atoms in total. The van der Waals surface area contributed by atoms with Crippen LogP contribution in [-0.4, -0.2) is 6.04 Å². The van der Waals surface area contributed by atoms with Gasteiger partial charge in [0, 0.05) is 6.04 Å². The van der Waals surface area contributed by atoms with Crippen molar-refractivity contribution in [3.8, 4) is 0 Å². The van der Waals surface area contributed by atoms with E-state index in [0.29, 0.717) is 6.04 Å². The Morgan fingerprint density at radius 1 is 1.17 bits per heavy atom. The van der Waals surface area contributed by atoms with E-state index in [1.807, 2.05) is 35.3 Å². The average Bonchev–Trinajstić information content (AvgIpc) is 2.87. The van der Waals surface area contributed by atoms with Crippen molar-refractivity contribution in [2.75, 3.05) is 5.01 Å². The van der Waals surface area contributed by atoms with Gasteiger partial charge in [-0.3, -0.25) is 0 Å². The fourth-order valence-electron chi connectivity index (χ4n) is 1.16. The zero-order valence-corrected chi connectivity index (χ0v) is 7.63. The Balaban J connectivity index is 0.000000720. The quantitative estimate of drug-likeness (QED) is 0.563. The van der Waals surface area contributed by atoms with Gasteiger partial charge in [-0.1, -0.05) is 18.2 Å². The van der Waals surface area contributed by atoms with E-state index in [1.165, 1.54) is 12.8 Å². The van der Waals surface area contributed by atoms with E-state index in [-0.39, 0.29) is 12.4 Å². The van der Waals surface area contributed by atoms with Gasteiger partial charge in [-0.2, -0.15) is 0 Å². The minimum atomic E-state index is 0. The summed E-state index contributed by atoms with van der Waals surface area (Å²) < 4.78 is 0. The molecule has 0 radical (unpaired) electrons. The molecular weight excluding hydrogens is 172 g/mol. The Morgan fingerprint density at radius 3 is 2.25 bits per heavy atom. The van der Waals surface area contributed by atoms with Crippen molar-refractivity contribution < 1.29 is 0 Å². The van der Waals surface area contributed by atoms with Gasteiger partial charge >= 0.3 is 0 Å². The van der Waals surface area contributed by atoms with Gasteiger partial charge in [0.15, 0.2) is 0 Å². The first-order chi connectivity index (χ1) is 5.38. The molecule has 2 rings (SSSR count). The number of hydrazine groups is 1. The maximum absolute atomic E-state index is 5.83. The summed E-state index contributed by atoms with van der Waals surface area (Å²) in [6.07, 6.45) is 2.48. The predicted molar refractivity (Wildman–Crippen MR) is 53.4 cm³/mol. The second kappa shape index (κ2) is 3.78. The lowest BCUT2D eigenvalue weighted by atomic mass is 10.3. The summed E-state index contributed by atoms with van der Waals surface area (Å²) in [6, 6.07) is 10.7. The maximum atomic E-state index is 5.83. The largest absolute Gasteiger partial charge is 0.308 e. The van der Waals surface area contributed by atoms with Crippen molar-refractivity contribution in [1.82, 2.24) is 0 Å². The summed E-state index contributed by atoms with van der Waals surface area (Å²) in [5.41, 5.74) is 1.12. The molecule has 0 unspecified atom stereocenters. The van der Waals surface area contributed by atoms with Crippen molar-refractivity contribution >= 4 is 18.1 Å². The number of halogens is 1. The topological polar surface area (TPSA) is 29.3 Å². The SMILES string of the molecule is Cl.NN(c1ccccc1)C1CC1. The molecule has 66 valence electrons. The van der Waals surface area contributed by atoms with Crippen LogP contribution in [0, 0.1) is 0 Å². The Labute approximate surface area is 78.7 Å². The standard InChI is InChI=1S/C9H12N2.ClH/c10-11(9-6-7-9)8-4-2-1-3-5-8;/h1-5,9H,6-7,10H2;1H. The van der Waals surface area contributed by atoms with Crippen LogP contribution < -0.4 is 10.9 Å². The van der Waals surface area contributed by atoms with Crippen LogP contribution in [0.5, 0.6) is 0 Å². The van der Waals surface area contributed by atoms with Crippen LogP contribution in [0.4, 0.5) is 5.69 Å². The number of rotatable bonds is 2. The molecule has 1 saturated carbocycles. The zero-order chi connectivity index (χ0) is 7.68. The highest BCUT2D eigenvalue weighted by atomic mass is 35.5. The van der Waals surface area contributed by atoms with Crippen molar-refractivity contribution in [2.24, 2.45) is 5.84 Å². The van der Waals surface area contributed by atoms with Crippen molar-refractivity contribution in [2.45, 2.75) is 18.9 Å². The van der Waals surface area contributed by atoms with Crippen LogP contribution in [0.25, 0.3) is 0 Å². The van der Waals surface area contributed by atoms with Crippen LogP contribution in [0.15, 0.2) is 30.3 Å². The number of benzene rings is 1. The molecule has 0 spiro atoms. The highest BCUT2D eigenvalue weighted by Crippen LogP contribution is 2.28. The summed E-state index contributed by atoms with van der Waals surface area (Å²) in [5, 5.41) is 1.86. The molecule has 1 aromatic rings. The highest BCUT2D eigenvalue weighted by molar-refractivity contribution is 5.85. The van der Waals surface area contributed by atoms with E-state index in [9.17, 15) is 0 Å². The Kier molecular flexibility index (Phi) is 2.95. The van der Waals surface area contributed by atoms with Crippen molar-refractivity contribution in [3.05, 3.63) is 30.3 Å². The van der Waals surface area contributed by atoms with Crippen molar-refractivity contribution in [3.63, 3.8) is 0 Å². The molecule has 1 aliphatic rings. The number of hydrogen-bond donors (Lipinski definition) is 1. The molecule has 0 aliphatic heterocycles. The van der Waals surface area contributed by atoms with E-state index in [2.05, 4.69) is 0 Å². The van der Waals surface area contributed by atoms with Gasteiger partial charge < -0.3 is 5.01 Å². The number of para-hydroxylation sites is 1. The van der Waals surface area contributed by atoms with Gasteiger partial charge in [-0.15, -0.1) is 12.4 Å². The smallest absolute Gasteiger partial charge is 0.0520 e. The Morgan fingerprint density at radius 2 is 1.75 bits per heavy atom. The van der Waals surface area contributed by atoms with Gasteiger partial charge in [0.05, 0.1) is 5.69 Å². The zero-order valence-electron chi connectivity index (χ0n) is 6.81. The first-order valence-corrected chi connectivity index (χ1v) is 3.97. The first-order valence-electron chi connectivity index (χ1n) is 3.97. The van der Waals surface area contributed by atoms with E-state index in [1.54, 1.807) is 0 Å². The minimum Gasteiger partial charge on any atom is -0.308 e. The molecule has 1 fully saturated rings. The van der Waals surface area contributed by atoms with Crippen LogP contribution in [0.3, 0.4) is 0 Å². The number of nitrogens with zero attached hydrogens (tertiary/aromatic N) is 1. The lowest BCUT2D eigenvalue weighted by Gasteiger charge is -2.17. The van der Waals surface area contributed by atoms with Gasteiger partial charge in [-0.25, -0.2) is 5.84 Å². The molecule has 2 N–H and O–H groups in total. The molecule has 0 aromatic heterocycles. The highest BCUT2D eigenvalue weighted by Gasteiger charge is 2.26. The average molecular weight is 185 g/mol. The molecular formula is C9H13ClN2. The molecule has 0 atom stereocenters. The predicted octanol–water partition coefficient (Wildman–Crippen LogP) is 1.95. The normalized spacial score (nSPS) is 15.1. The maximum Gasteiger partial charge on any atom is 0.0520 e. The lowest BCUT2D eigenvalue weighted by molar-refractivity contribution is 0.847. The van der Waals surface area contributed by atoms with Crippen LogP contribution in [0.2, 0.25) is 0 Å². The summed E-state index contributed by atoms with van der Waals surface area (Å²) in [4.78, 5) is 0. The van der Waals surface area contributed by atoms with E-state index in [4.69, 9.17) is 5.84 Å². The van der Waals surface area contributed by atoms with Gasteiger partial charge in [0.25, 0.3) is 0 Å². The fraction of sp³-hybridized carbons (Fsp3) is 0.333. The summed E-state index contributed by atoms with van der Waals surface area (Å²) >= 11 is 0. The fourth-order valence-corrected chi connectivity index (χ4v) is 1.16. The molecule has 0 bridgehead atoms. The van der Waals surface area contributed by atoms with Crippen LogP contribution in [-0.2, 0) is 0 Å². The number of anilines is 1.